The second-order valence-corrected chi connectivity index (χ2v) is 4.75. The van der Waals surface area contributed by atoms with E-state index in [0.717, 1.165) is 25.7 Å². The molecule has 2 nitrogen and oxygen atoms in total. The van der Waals surface area contributed by atoms with Crippen molar-refractivity contribution >= 4 is 0 Å². The van der Waals surface area contributed by atoms with Crippen molar-refractivity contribution in [2.75, 3.05) is 13.6 Å². The summed E-state index contributed by atoms with van der Waals surface area (Å²) in [6.07, 6.45) is 4.71. The number of hydrogen-bond donors (Lipinski definition) is 1. The predicted molar refractivity (Wildman–Crippen MR) is 72.8 cm³/mol. The van der Waals surface area contributed by atoms with Crippen LogP contribution in [0.1, 0.15) is 24.0 Å². The van der Waals surface area contributed by atoms with Gasteiger partial charge < -0.3 is 5.32 Å². The molecule has 0 spiro atoms. The van der Waals surface area contributed by atoms with Crippen LogP contribution in [0.15, 0.2) is 36.9 Å². The third-order valence-corrected chi connectivity index (χ3v) is 3.29. The summed E-state index contributed by atoms with van der Waals surface area (Å²) in [7, 11) is 2.00. The summed E-state index contributed by atoms with van der Waals surface area (Å²) in [6, 6.07) is 9.49. The van der Waals surface area contributed by atoms with Crippen LogP contribution in [-0.2, 0) is 13.1 Å². The van der Waals surface area contributed by atoms with E-state index in [1.165, 1.54) is 24.0 Å². The van der Waals surface area contributed by atoms with Crippen LogP contribution in [0.4, 0.5) is 0 Å². The van der Waals surface area contributed by atoms with Gasteiger partial charge in [-0.1, -0.05) is 30.3 Å². The van der Waals surface area contributed by atoms with Crippen molar-refractivity contribution in [1.82, 2.24) is 10.2 Å². The molecule has 0 aliphatic heterocycles. The van der Waals surface area contributed by atoms with Gasteiger partial charge in [-0.2, -0.15) is 0 Å². The van der Waals surface area contributed by atoms with Crippen molar-refractivity contribution in [2.24, 2.45) is 0 Å². The molecule has 0 amide bonds. The van der Waals surface area contributed by atoms with Gasteiger partial charge >= 0.3 is 0 Å². The molecule has 1 aliphatic carbocycles. The SMILES string of the molecule is C=CCN(Cc1ccccc1CNC)C1CC1. The van der Waals surface area contributed by atoms with Crippen LogP contribution in [0.5, 0.6) is 0 Å². The Balaban J connectivity index is 2.07. The Kier molecular flexibility index (Phi) is 4.35. The molecule has 17 heavy (non-hydrogen) atoms. The molecule has 1 fully saturated rings. The lowest BCUT2D eigenvalue weighted by Gasteiger charge is -2.21. The molecule has 0 bridgehead atoms. The lowest BCUT2D eigenvalue weighted by Crippen LogP contribution is -2.26. The third-order valence-electron chi connectivity index (χ3n) is 3.29. The van der Waals surface area contributed by atoms with E-state index >= 15 is 0 Å². The fourth-order valence-corrected chi connectivity index (χ4v) is 2.24. The lowest BCUT2D eigenvalue weighted by molar-refractivity contribution is 0.283. The van der Waals surface area contributed by atoms with Gasteiger partial charge in [0, 0.05) is 25.7 Å². The summed E-state index contributed by atoms with van der Waals surface area (Å²) in [5.41, 5.74) is 2.85. The van der Waals surface area contributed by atoms with Crippen LogP contribution in [0.2, 0.25) is 0 Å². The Morgan fingerprint density at radius 3 is 2.65 bits per heavy atom. The normalized spacial score (nSPS) is 15.2. The van der Waals surface area contributed by atoms with Crippen LogP contribution >= 0.6 is 0 Å². The van der Waals surface area contributed by atoms with Gasteiger partial charge in [-0.05, 0) is 31.0 Å². The van der Waals surface area contributed by atoms with Crippen LogP contribution in [0.3, 0.4) is 0 Å². The van der Waals surface area contributed by atoms with Gasteiger partial charge in [0.05, 0.1) is 0 Å². The summed E-state index contributed by atoms with van der Waals surface area (Å²) < 4.78 is 0. The number of rotatable bonds is 7. The van der Waals surface area contributed by atoms with Gasteiger partial charge in [0.1, 0.15) is 0 Å². The molecule has 2 rings (SSSR count). The van der Waals surface area contributed by atoms with Gasteiger partial charge in [-0.25, -0.2) is 0 Å². The average Bonchev–Trinajstić information content (AvgIpc) is 3.15. The molecular weight excluding hydrogens is 208 g/mol. The first-order valence-electron chi connectivity index (χ1n) is 6.41. The van der Waals surface area contributed by atoms with Gasteiger partial charge in [0.15, 0.2) is 0 Å². The van der Waals surface area contributed by atoms with Crippen molar-refractivity contribution in [1.29, 1.82) is 0 Å². The molecule has 0 unspecified atom stereocenters. The van der Waals surface area contributed by atoms with E-state index < -0.39 is 0 Å². The molecule has 0 heterocycles. The summed E-state index contributed by atoms with van der Waals surface area (Å²) in [5, 5.41) is 3.24. The lowest BCUT2D eigenvalue weighted by atomic mass is 10.1. The highest BCUT2D eigenvalue weighted by Gasteiger charge is 2.28. The summed E-state index contributed by atoms with van der Waals surface area (Å²) in [5.74, 6) is 0. The van der Waals surface area contributed by atoms with Gasteiger partial charge in [0.25, 0.3) is 0 Å². The van der Waals surface area contributed by atoms with E-state index in [4.69, 9.17) is 0 Å². The maximum Gasteiger partial charge on any atom is 0.0243 e. The Morgan fingerprint density at radius 2 is 2.06 bits per heavy atom. The molecule has 0 saturated heterocycles. The highest BCUT2D eigenvalue weighted by molar-refractivity contribution is 5.27. The zero-order valence-corrected chi connectivity index (χ0v) is 10.7. The Morgan fingerprint density at radius 1 is 1.35 bits per heavy atom. The zero-order chi connectivity index (χ0) is 12.1. The molecule has 1 N–H and O–H groups in total. The molecule has 1 aliphatic rings. The minimum Gasteiger partial charge on any atom is -0.316 e. The van der Waals surface area contributed by atoms with Gasteiger partial charge in [-0.15, -0.1) is 6.58 Å². The first-order valence-corrected chi connectivity index (χ1v) is 6.41. The van der Waals surface area contributed by atoms with E-state index in [0.29, 0.717) is 0 Å². The molecule has 0 atom stereocenters. The molecular formula is C15H22N2. The fourth-order valence-electron chi connectivity index (χ4n) is 2.24. The van der Waals surface area contributed by atoms with Crippen molar-refractivity contribution < 1.29 is 0 Å². The minimum atomic E-state index is 0.788. The summed E-state index contributed by atoms with van der Waals surface area (Å²) >= 11 is 0. The van der Waals surface area contributed by atoms with Crippen molar-refractivity contribution in [3.8, 4) is 0 Å². The molecule has 0 aromatic heterocycles. The van der Waals surface area contributed by atoms with E-state index in [2.05, 4.69) is 41.1 Å². The highest BCUT2D eigenvalue weighted by atomic mass is 15.2. The maximum absolute atomic E-state index is 3.86. The Labute approximate surface area is 104 Å². The molecule has 2 heteroatoms. The quantitative estimate of drug-likeness (QED) is 0.724. The second kappa shape index (κ2) is 5.99. The minimum absolute atomic E-state index is 0.788. The first-order chi connectivity index (χ1) is 8.35. The van der Waals surface area contributed by atoms with Crippen LogP contribution < -0.4 is 5.32 Å². The number of nitrogens with zero attached hydrogens (tertiary/aromatic N) is 1. The Bertz CT molecular complexity index is 369. The fraction of sp³-hybridized carbons (Fsp3) is 0.467. The highest BCUT2D eigenvalue weighted by Crippen LogP contribution is 2.28. The van der Waals surface area contributed by atoms with Gasteiger partial charge in [-0.3, -0.25) is 4.90 Å². The predicted octanol–water partition coefficient (Wildman–Crippen LogP) is 2.56. The van der Waals surface area contributed by atoms with Crippen LogP contribution in [0, 0.1) is 0 Å². The second-order valence-electron chi connectivity index (χ2n) is 4.75. The smallest absolute Gasteiger partial charge is 0.0243 e. The average molecular weight is 230 g/mol. The van der Waals surface area contributed by atoms with Crippen LogP contribution in [-0.4, -0.2) is 24.5 Å². The molecule has 1 saturated carbocycles. The van der Waals surface area contributed by atoms with Crippen molar-refractivity contribution in [3.63, 3.8) is 0 Å². The molecule has 1 aromatic carbocycles. The summed E-state index contributed by atoms with van der Waals surface area (Å²) in [6.45, 7) is 6.85. The Hall–Kier alpha value is -1.12. The van der Waals surface area contributed by atoms with E-state index in [1.54, 1.807) is 0 Å². The van der Waals surface area contributed by atoms with E-state index in [-0.39, 0.29) is 0 Å². The topological polar surface area (TPSA) is 15.3 Å². The van der Waals surface area contributed by atoms with E-state index in [1.807, 2.05) is 13.1 Å². The van der Waals surface area contributed by atoms with Crippen LogP contribution in [0.25, 0.3) is 0 Å². The van der Waals surface area contributed by atoms with E-state index in [9.17, 15) is 0 Å². The molecule has 0 radical (unpaired) electrons. The summed E-state index contributed by atoms with van der Waals surface area (Å²) in [4.78, 5) is 2.53. The molecule has 1 aromatic rings. The zero-order valence-electron chi connectivity index (χ0n) is 10.7. The van der Waals surface area contributed by atoms with Crippen molar-refractivity contribution in [3.05, 3.63) is 48.0 Å². The third kappa shape index (κ3) is 3.42. The number of benzene rings is 1. The number of hydrogen-bond acceptors (Lipinski definition) is 2. The standard InChI is InChI=1S/C15H22N2/c1-3-10-17(15-8-9-15)12-14-7-5-4-6-13(14)11-16-2/h3-7,15-16H,1,8-12H2,2H3. The van der Waals surface area contributed by atoms with Gasteiger partial charge in [0.2, 0.25) is 0 Å². The first kappa shape index (κ1) is 12.3. The monoisotopic (exact) mass is 230 g/mol. The largest absolute Gasteiger partial charge is 0.316 e. The number of nitrogens with one attached hydrogen (secondary N) is 1. The maximum atomic E-state index is 3.86. The molecule has 92 valence electrons. The van der Waals surface area contributed by atoms with Crippen molar-refractivity contribution in [2.45, 2.75) is 32.0 Å².